The number of rotatable bonds is 2. The molecule has 0 atom stereocenters. The summed E-state index contributed by atoms with van der Waals surface area (Å²) in [6, 6.07) is 7.82. The quantitative estimate of drug-likeness (QED) is 0.783. The molecule has 1 aromatic carbocycles. The van der Waals surface area contributed by atoms with Gasteiger partial charge in [0.05, 0.1) is 6.61 Å². The van der Waals surface area contributed by atoms with E-state index in [0.29, 0.717) is 6.61 Å². The molecule has 0 aliphatic heterocycles. The molecule has 0 saturated heterocycles. The number of halogens is 1. The summed E-state index contributed by atoms with van der Waals surface area (Å²) in [5, 5.41) is 1.88. The minimum absolute atomic E-state index is 0.603. The summed E-state index contributed by atoms with van der Waals surface area (Å²) in [7, 11) is 1.68. The molecule has 0 saturated carbocycles. The Kier molecular flexibility index (Phi) is 2.25. The number of fused-ring (bicyclic) bond motifs is 1. The van der Waals surface area contributed by atoms with E-state index in [1.807, 2.05) is 24.3 Å². The first-order valence-corrected chi connectivity index (χ1v) is 4.43. The molecule has 1 aromatic heterocycles. The normalized spacial score (nSPS) is 10.9. The summed E-state index contributed by atoms with van der Waals surface area (Å²) in [4.78, 5) is 3.24. The fourth-order valence-corrected chi connectivity index (χ4v) is 1.58. The lowest BCUT2D eigenvalue weighted by molar-refractivity contribution is 0.182. The van der Waals surface area contributed by atoms with Crippen molar-refractivity contribution in [2.24, 2.45) is 0 Å². The van der Waals surface area contributed by atoms with Crippen molar-refractivity contribution in [2.45, 2.75) is 6.61 Å². The zero-order valence-corrected chi connectivity index (χ0v) is 8.06. The Morgan fingerprint density at radius 3 is 3.00 bits per heavy atom. The molecule has 1 N–H and O–H groups in total. The zero-order valence-electron chi connectivity index (χ0n) is 7.30. The van der Waals surface area contributed by atoms with Crippen molar-refractivity contribution in [3.05, 3.63) is 35.0 Å². The lowest BCUT2D eigenvalue weighted by atomic mass is 10.2. The number of methoxy groups -OCH3 is 1. The molecule has 0 fully saturated rings. The van der Waals surface area contributed by atoms with Crippen LogP contribution in [0.25, 0.3) is 10.9 Å². The van der Waals surface area contributed by atoms with Crippen molar-refractivity contribution in [2.75, 3.05) is 7.11 Å². The smallest absolute Gasteiger partial charge is 0.0862 e. The fraction of sp³-hybridized carbons (Fsp3) is 0.200. The van der Waals surface area contributed by atoms with Crippen LogP contribution in [0.5, 0.6) is 0 Å². The number of ether oxygens (including phenoxy) is 1. The van der Waals surface area contributed by atoms with Crippen LogP contribution < -0.4 is 0 Å². The predicted molar refractivity (Wildman–Crippen MR) is 54.0 cm³/mol. The van der Waals surface area contributed by atoms with Gasteiger partial charge in [-0.25, -0.2) is 0 Å². The van der Waals surface area contributed by atoms with E-state index in [0.717, 1.165) is 21.6 Å². The largest absolute Gasteiger partial charge is 0.378 e. The third-order valence-electron chi connectivity index (χ3n) is 1.94. The molecule has 0 radical (unpaired) electrons. The van der Waals surface area contributed by atoms with Crippen LogP contribution in [0.3, 0.4) is 0 Å². The van der Waals surface area contributed by atoms with Gasteiger partial charge in [0.2, 0.25) is 0 Å². The second-order valence-corrected chi connectivity index (χ2v) is 3.40. The number of nitrogens with one attached hydrogen (secondary N) is 1. The van der Waals surface area contributed by atoms with Crippen molar-refractivity contribution in [1.82, 2.24) is 4.98 Å². The van der Waals surface area contributed by atoms with Crippen molar-refractivity contribution in [3.8, 4) is 0 Å². The van der Waals surface area contributed by atoms with E-state index in [1.165, 1.54) is 0 Å². The van der Waals surface area contributed by atoms with Crippen LogP contribution in [0.15, 0.2) is 24.3 Å². The van der Waals surface area contributed by atoms with Gasteiger partial charge in [0.15, 0.2) is 0 Å². The van der Waals surface area contributed by atoms with Crippen molar-refractivity contribution >= 4 is 22.5 Å². The van der Waals surface area contributed by atoms with Gasteiger partial charge in [0, 0.05) is 28.7 Å². The fourth-order valence-electron chi connectivity index (χ4n) is 1.40. The zero-order chi connectivity index (χ0) is 9.26. The minimum atomic E-state index is 0.603. The maximum absolute atomic E-state index is 5.86. The van der Waals surface area contributed by atoms with E-state index in [9.17, 15) is 0 Å². The maximum atomic E-state index is 5.86. The number of hydrogen-bond acceptors (Lipinski definition) is 1. The van der Waals surface area contributed by atoms with Gasteiger partial charge in [-0.05, 0) is 24.3 Å². The van der Waals surface area contributed by atoms with Crippen LogP contribution in [-0.4, -0.2) is 12.1 Å². The van der Waals surface area contributed by atoms with Gasteiger partial charge < -0.3 is 9.72 Å². The number of aromatic amines is 1. The molecule has 3 heteroatoms. The van der Waals surface area contributed by atoms with Gasteiger partial charge in [-0.15, -0.1) is 0 Å². The highest BCUT2D eigenvalue weighted by atomic mass is 35.5. The molecule has 68 valence electrons. The van der Waals surface area contributed by atoms with Crippen molar-refractivity contribution in [1.29, 1.82) is 0 Å². The standard InChI is InChI=1S/C10H10ClNO/c1-13-6-9-5-7-4-8(11)2-3-10(7)12-9/h2-5,12H,6H2,1H3. The average molecular weight is 196 g/mol. The first-order chi connectivity index (χ1) is 6.29. The SMILES string of the molecule is COCc1cc2cc(Cl)ccc2[nH]1. The van der Waals surface area contributed by atoms with Gasteiger partial charge in [-0.3, -0.25) is 0 Å². The van der Waals surface area contributed by atoms with Crippen molar-refractivity contribution < 1.29 is 4.74 Å². The van der Waals surface area contributed by atoms with Crippen LogP contribution in [-0.2, 0) is 11.3 Å². The molecule has 2 nitrogen and oxygen atoms in total. The number of aromatic nitrogens is 1. The molecule has 0 bridgehead atoms. The lowest BCUT2D eigenvalue weighted by Gasteiger charge is -1.91. The summed E-state index contributed by atoms with van der Waals surface area (Å²) in [6.45, 7) is 0.603. The summed E-state index contributed by atoms with van der Waals surface area (Å²) < 4.78 is 5.02. The number of benzene rings is 1. The van der Waals surface area contributed by atoms with E-state index >= 15 is 0 Å². The molecule has 1 heterocycles. The Morgan fingerprint density at radius 1 is 1.38 bits per heavy atom. The molecule has 0 aliphatic rings. The molecule has 2 aromatic rings. The van der Waals surface area contributed by atoms with Gasteiger partial charge in [-0.1, -0.05) is 11.6 Å². The van der Waals surface area contributed by atoms with Gasteiger partial charge in [0.1, 0.15) is 0 Å². The van der Waals surface area contributed by atoms with Crippen molar-refractivity contribution in [3.63, 3.8) is 0 Å². The minimum Gasteiger partial charge on any atom is -0.378 e. The van der Waals surface area contributed by atoms with E-state index in [-0.39, 0.29) is 0 Å². The molecule has 0 amide bonds. The van der Waals surface area contributed by atoms with Gasteiger partial charge >= 0.3 is 0 Å². The molecule has 2 rings (SSSR count). The summed E-state index contributed by atoms with van der Waals surface area (Å²) >= 11 is 5.86. The van der Waals surface area contributed by atoms with E-state index in [1.54, 1.807) is 7.11 Å². The van der Waals surface area contributed by atoms with Crippen LogP contribution in [0.2, 0.25) is 5.02 Å². The van der Waals surface area contributed by atoms with E-state index in [4.69, 9.17) is 16.3 Å². The second-order valence-electron chi connectivity index (χ2n) is 2.96. The summed E-state index contributed by atoms with van der Waals surface area (Å²) in [5.74, 6) is 0. The number of hydrogen-bond donors (Lipinski definition) is 1. The Labute approximate surface area is 81.5 Å². The Bertz CT molecular complexity index is 422. The summed E-state index contributed by atoms with van der Waals surface area (Å²) in [6.07, 6.45) is 0. The first-order valence-electron chi connectivity index (χ1n) is 4.05. The molecular weight excluding hydrogens is 186 g/mol. The Hall–Kier alpha value is -0.990. The van der Waals surface area contributed by atoms with Crippen LogP contribution in [0, 0.1) is 0 Å². The second kappa shape index (κ2) is 3.40. The molecule has 0 spiro atoms. The maximum Gasteiger partial charge on any atom is 0.0862 e. The molecule has 0 unspecified atom stereocenters. The van der Waals surface area contributed by atoms with E-state index in [2.05, 4.69) is 4.98 Å². The van der Waals surface area contributed by atoms with Crippen LogP contribution in [0.4, 0.5) is 0 Å². The molecule has 0 aliphatic carbocycles. The monoisotopic (exact) mass is 195 g/mol. The van der Waals surface area contributed by atoms with Gasteiger partial charge in [-0.2, -0.15) is 0 Å². The lowest BCUT2D eigenvalue weighted by Crippen LogP contribution is -1.85. The summed E-state index contributed by atoms with van der Waals surface area (Å²) in [5.41, 5.74) is 2.16. The number of H-pyrrole nitrogens is 1. The van der Waals surface area contributed by atoms with Crippen LogP contribution >= 0.6 is 11.6 Å². The third kappa shape index (κ3) is 1.69. The average Bonchev–Trinajstić information content (AvgIpc) is 2.46. The predicted octanol–water partition coefficient (Wildman–Crippen LogP) is 2.97. The van der Waals surface area contributed by atoms with Gasteiger partial charge in [0.25, 0.3) is 0 Å². The third-order valence-corrected chi connectivity index (χ3v) is 2.17. The topological polar surface area (TPSA) is 25.0 Å². The van der Waals surface area contributed by atoms with Crippen LogP contribution in [0.1, 0.15) is 5.69 Å². The first kappa shape index (κ1) is 8.60. The highest BCUT2D eigenvalue weighted by Crippen LogP contribution is 2.20. The highest BCUT2D eigenvalue weighted by molar-refractivity contribution is 6.31. The van der Waals surface area contributed by atoms with E-state index < -0.39 is 0 Å². The molecular formula is C10H10ClNO. The Balaban J connectivity index is 2.49. The Morgan fingerprint density at radius 2 is 2.23 bits per heavy atom. The molecule has 13 heavy (non-hydrogen) atoms. The highest BCUT2D eigenvalue weighted by Gasteiger charge is 2.00.